The molecule has 0 aliphatic carbocycles. The van der Waals surface area contributed by atoms with Gasteiger partial charge < -0.3 is 4.90 Å². The molecule has 2 aromatic rings. The molecule has 0 aromatic carbocycles. The van der Waals surface area contributed by atoms with Gasteiger partial charge in [0.2, 0.25) is 0 Å². The van der Waals surface area contributed by atoms with Crippen molar-refractivity contribution in [2.45, 2.75) is 32.1 Å². The lowest BCUT2D eigenvalue weighted by Crippen LogP contribution is -2.25. The van der Waals surface area contributed by atoms with E-state index < -0.39 is 0 Å². The summed E-state index contributed by atoms with van der Waals surface area (Å²) in [6, 6.07) is 5.72. The van der Waals surface area contributed by atoms with Gasteiger partial charge in [-0.05, 0) is 56.9 Å². The summed E-state index contributed by atoms with van der Waals surface area (Å²) in [5.74, 6) is 0. The number of unbranched alkanes of at least 4 members (excludes halogenated alkanes) is 2. The van der Waals surface area contributed by atoms with Crippen LogP contribution in [-0.2, 0) is 6.42 Å². The Hall–Kier alpha value is -1.85. The van der Waals surface area contributed by atoms with E-state index in [2.05, 4.69) is 38.3 Å². The van der Waals surface area contributed by atoms with Crippen molar-refractivity contribution in [3.8, 4) is 0 Å². The fourth-order valence-electron chi connectivity index (χ4n) is 2.57. The lowest BCUT2D eigenvalue weighted by molar-refractivity contribution is 0.372. The molecule has 0 unspecified atom stereocenters. The van der Waals surface area contributed by atoms with Crippen LogP contribution in [0.2, 0.25) is 0 Å². The number of rotatable bonds is 6. The predicted molar refractivity (Wildman–Crippen MR) is 102 cm³/mol. The highest BCUT2D eigenvalue weighted by molar-refractivity contribution is 6.99. The zero-order valence-electron chi connectivity index (χ0n) is 14.4. The first-order valence-electron chi connectivity index (χ1n) is 8.46. The Kier molecular flexibility index (Phi) is 8.35. The van der Waals surface area contributed by atoms with Gasteiger partial charge in [-0.1, -0.05) is 18.2 Å². The van der Waals surface area contributed by atoms with Crippen LogP contribution in [0.3, 0.4) is 0 Å². The number of aromatic nitrogens is 3. The van der Waals surface area contributed by atoms with Crippen molar-refractivity contribution in [3.63, 3.8) is 0 Å². The van der Waals surface area contributed by atoms with Gasteiger partial charge in [-0.2, -0.15) is 8.75 Å². The molecule has 2 aromatic heterocycles. The van der Waals surface area contributed by atoms with E-state index in [1.165, 1.54) is 35.8 Å². The Morgan fingerprint density at radius 2 is 2.04 bits per heavy atom. The zero-order valence-corrected chi connectivity index (χ0v) is 15.2. The van der Waals surface area contributed by atoms with Crippen molar-refractivity contribution < 1.29 is 0 Å². The molecule has 0 radical (unpaired) electrons. The van der Waals surface area contributed by atoms with E-state index in [1.54, 1.807) is 12.4 Å². The summed E-state index contributed by atoms with van der Waals surface area (Å²) in [7, 11) is 2.16. The summed E-state index contributed by atoms with van der Waals surface area (Å²) in [4.78, 5) is 6.13. The third-order valence-corrected chi connectivity index (χ3v) is 4.41. The minimum absolute atomic E-state index is 1.01. The lowest BCUT2D eigenvalue weighted by Gasteiger charge is -2.22. The van der Waals surface area contributed by atoms with Crippen LogP contribution in [0, 0.1) is 0 Å². The van der Waals surface area contributed by atoms with Gasteiger partial charge in [0.25, 0.3) is 0 Å². The van der Waals surface area contributed by atoms with Crippen molar-refractivity contribution in [1.82, 2.24) is 18.6 Å². The largest absolute Gasteiger partial charge is 0.302 e. The molecule has 0 N–H and O–H groups in total. The SMILES string of the molecule is C=CCCCCc1nsnc1C1=CCCN(C)C1.c1ccncc1. The maximum Gasteiger partial charge on any atom is 0.104 e. The first-order chi connectivity index (χ1) is 11.8. The Balaban J connectivity index is 0.000000292. The molecule has 0 fully saturated rings. The van der Waals surface area contributed by atoms with Crippen LogP contribution in [-0.4, -0.2) is 38.8 Å². The summed E-state index contributed by atoms with van der Waals surface area (Å²) in [5, 5.41) is 0. The molecule has 0 atom stereocenters. The van der Waals surface area contributed by atoms with Crippen molar-refractivity contribution in [1.29, 1.82) is 0 Å². The highest BCUT2D eigenvalue weighted by atomic mass is 32.1. The third-order valence-electron chi connectivity index (χ3n) is 3.84. The van der Waals surface area contributed by atoms with E-state index in [0.717, 1.165) is 38.0 Å². The molecule has 0 bridgehead atoms. The molecule has 3 rings (SSSR count). The minimum atomic E-state index is 1.01. The van der Waals surface area contributed by atoms with Crippen molar-refractivity contribution in [3.05, 3.63) is 60.7 Å². The molecular formula is C19H26N4S. The van der Waals surface area contributed by atoms with E-state index in [-0.39, 0.29) is 0 Å². The van der Waals surface area contributed by atoms with Crippen LogP contribution >= 0.6 is 11.7 Å². The highest BCUT2D eigenvalue weighted by Crippen LogP contribution is 2.23. The molecule has 3 heterocycles. The molecule has 24 heavy (non-hydrogen) atoms. The summed E-state index contributed by atoms with van der Waals surface area (Å²) >= 11 is 1.35. The fraction of sp³-hybridized carbons (Fsp3) is 0.421. The van der Waals surface area contributed by atoms with Gasteiger partial charge >= 0.3 is 0 Å². The van der Waals surface area contributed by atoms with Crippen molar-refractivity contribution in [2.75, 3.05) is 20.1 Å². The normalized spacial score (nSPS) is 14.5. The van der Waals surface area contributed by atoms with Gasteiger partial charge in [-0.25, -0.2) is 0 Å². The molecular weight excluding hydrogens is 316 g/mol. The van der Waals surface area contributed by atoms with E-state index >= 15 is 0 Å². The molecule has 0 saturated carbocycles. The van der Waals surface area contributed by atoms with Gasteiger partial charge in [0.1, 0.15) is 5.69 Å². The van der Waals surface area contributed by atoms with Crippen LogP contribution in [0.5, 0.6) is 0 Å². The lowest BCUT2D eigenvalue weighted by atomic mass is 10.0. The first-order valence-corrected chi connectivity index (χ1v) is 9.19. The Labute approximate surface area is 149 Å². The Morgan fingerprint density at radius 3 is 2.67 bits per heavy atom. The van der Waals surface area contributed by atoms with Crippen LogP contribution < -0.4 is 0 Å². The van der Waals surface area contributed by atoms with Gasteiger partial charge in [0.15, 0.2) is 0 Å². The number of hydrogen-bond donors (Lipinski definition) is 0. The molecule has 0 spiro atoms. The monoisotopic (exact) mass is 342 g/mol. The molecule has 0 amide bonds. The fourth-order valence-corrected chi connectivity index (χ4v) is 3.19. The number of hydrogen-bond acceptors (Lipinski definition) is 5. The second-order valence-corrected chi connectivity index (χ2v) is 6.40. The van der Waals surface area contributed by atoms with Crippen LogP contribution in [0.4, 0.5) is 0 Å². The van der Waals surface area contributed by atoms with E-state index in [1.807, 2.05) is 24.3 Å². The number of likely N-dealkylation sites (N-methyl/N-ethyl adjacent to an activating group) is 1. The number of aryl methyl sites for hydroxylation is 1. The second kappa shape index (κ2) is 10.8. The number of nitrogens with zero attached hydrogens (tertiary/aromatic N) is 4. The summed E-state index contributed by atoms with van der Waals surface area (Å²) in [5.41, 5.74) is 3.69. The molecule has 0 saturated heterocycles. The number of allylic oxidation sites excluding steroid dienone is 1. The third kappa shape index (κ3) is 6.34. The van der Waals surface area contributed by atoms with Crippen LogP contribution in [0.1, 0.15) is 37.1 Å². The predicted octanol–water partition coefficient (Wildman–Crippen LogP) is 4.24. The molecule has 1 aliphatic rings. The summed E-state index contributed by atoms with van der Waals surface area (Å²) < 4.78 is 8.95. The van der Waals surface area contributed by atoms with E-state index in [4.69, 9.17) is 0 Å². The van der Waals surface area contributed by atoms with Crippen molar-refractivity contribution >= 4 is 17.3 Å². The minimum Gasteiger partial charge on any atom is -0.302 e. The van der Waals surface area contributed by atoms with Gasteiger partial charge in [-0.15, -0.1) is 6.58 Å². The summed E-state index contributed by atoms with van der Waals surface area (Å²) in [6.45, 7) is 5.91. The average Bonchev–Trinajstić information content (AvgIpc) is 3.09. The summed E-state index contributed by atoms with van der Waals surface area (Å²) in [6.07, 6.45) is 13.4. The second-order valence-electron chi connectivity index (χ2n) is 5.87. The molecule has 4 nitrogen and oxygen atoms in total. The molecule has 1 aliphatic heterocycles. The first kappa shape index (κ1) is 18.5. The molecule has 5 heteroatoms. The number of pyridine rings is 1. The average molecular weight is 343 g/mol. The van der Waals surface area contributed by atoms with Gasteiger partial charge in [0, 0.05) is 25.5 Å². The highest BCUT2D eigenvalue weighted by Gasteiger charge is 2.16. The van der Waals surface area contributed by atoms with Crippen LogP contribution in [0.25, 0.3) is 5.57 Å². The van der Waals surface area contributed by atoms with Gasteiger partial charge in [0.05, 0.1) is 17.4 Å². The quantitative estimate of drug-likeness (QED) is 0.582. The maximum atomic E-state index is 4.49. The Morgan fingerprint density at radius 1 is 1.21 bits per heavy atom. The molecule has 128 valence electrons. The van der Waals surface area contributed by atoms with Crippen molar-refractivity contribution in [2.24, 2.45) is 0 Å². The topological polar surface area (TPSA) is 41.9 Å². The van der Waals surface area contributed by atoms with E-state index in [9.17, 15) is 0 Å². The zero-order chi connectivity index (χ0) is 17.0. The van der Waals surface area contributed by atoms with Gasteiger partial charge in [-0.3, -0.25) is 4.98 Å². The van der Waals surface area contributed by atoms with Crippen LogP contribution in [0.15, 0.2) is 49.3 Å². The standard InChI is InChI=1S/C14H21N3S.C5H5N/c1-3-4-5-6-9-13-14(16-18-15-13)12-8-7-10-17(2)11-12;1-2-4-6-5-3-1/h3,8H,1,4-7,9-11H2,2H3;1-5H. The maximum absolute atomic E-state index is 4.49. The Bertz CT molecular complexity index is 595. The smallest absolute Gasteiger partial charge is 0.104 e. The van der Waals surface area contributed by atoms with E-state index in [0.29, 0.717) is 0 Å².